The van der Waals surface area contributed by atoms with Crippen molar-refractivity contribution in [2.24, 2.45) is 5.73 Å². The molecule has 2 rings (SSSR count). The summed E-state index contributed by atoms with van der Waals surface area (Å²) in [4.78, 5) is 0. The van der Waals surface area contributed by atoms with Crippen LogP contribution in [0.15, 0.2) is 48.5 Å². The van der Waals surface area contributed by atoms with E-state index in [-0.39, 0.29) is 11.9 Å². The summed E-state index contributed by atoms with van der Waals surface area (Å²) in [6.07, 6.45) is -0.496. The highest BCUT2D eigenvalue weighted by molar-refractivity contribution is 5.29. The van der Waals surface area contributed by atoms with Gasteiger partial charge in [-0.05, 0) is 32.0 Å². The molecule has 0 saturated carbocycles. The average Bonchev–Trinajstić information content (AvgIpc) is 2.39. The lowest BCUT2D eigenvalue weighted by Crippen LogP contribution is -2.29. The topological polar surface area (TPSA) is 35.2 Å². The van der Waals surface area contributed by atoms with Crippen LogP contribution in [0.3, 0.4) is 0 Å². The van der Waals surface area contributed by atoms with Crippen molar-refractivity contribution < 1.29 is 9.13 Å². The van der Waals surface area contributed by atoms with Crippen LogP contribution in [0.25, 0.3) is 0 Å². The Bertz CT molecular complexity index is 537. The summed E-state index contributed by atoms with van der Waals surface area (Å²) < 4.78 is 19.7. The van der Waals surface area contributed by atoms with E-state index < -0.39 is 6.10 Å². The van der Waals surface area contributed by atoms with Gasteiger partial charge >= 0.3 is 0 Å². The molecule has 2 aromatic carbocycles. The van der Waals surface area contributed by atoms with Gasteiger partial charge in [0.15, 0.2) is 0 Å². The number of hydrogen-bond donors (Lipinski definition) is 1. The van der Waals surface area contributed by atoms with Crippen molar-refractivity contribution in [2.75, 3.05) is 0 Å². The molecule has 0 heterocycles. The predicted octanol–water partition coefficient (Wildman–Crippen LogP) is 3.60. The first-order valence-corrected chi connectivity index (χ1v) is 6.31. The summed E-state index contributed by atoms with van der Waals surface area (Å²) in [6.45, 7) is 3.81. The van der Waals surface area contributed by atoms with E-state index in [1.54, 1.807) is 18.2 Å². The Hall–Kier alpha value is -1.87. The minimum atomic E-state index is -0.496. The SMILES string of the molecule is Cc1ccc(OC(c2ccccc2F)C(C)N)cc1. The van der Waals surface area contributed by atoms with E-state index >= 15 is 0 Å². The molecule has 2 N–H and O–H groups in total. The molecule has 0 fully saturated rings. The molecule has 0 bridgehead atoms. The Morgan fingerprint density at radius 3 is 2.26 bits per heavy atom. The molecule has 0 radical (unpaired) electrons. The van der Waals surface area contributed by atoms with E-state index in [4.69, 9.17) is 10.5 Å². The average molecular weight is 259 g/mol. The lowest BCUT2D eigenvalue weighted by molar-refractivity contribution is 0.175. The van der Waals surface area contributed by atoms with Crippen molar-refractivity contribution in [1.29, 1.82) is 0 Å². The second kappa shape index (κ2) is 5.85. The van der Waals surface area contributed by atoms with E-state index in [0.29, 0.717) is 11.3 Å². The highest BCUT2D eigenvalue weighted by Gasteiger charge is 2.21. The molecule has 0 aliphatic carbocycles. The van der Waals surface area contributed by atoms with Crippen LogP contribution in [0.1, 0.15) is 24.2 Å². The zero-order valence-electron chi connectivity index (χ0n) is 11.1. The van der Waals surface area contributed by atoms with Crippen LogP contribution in [-0.2, 0) is 0 Å². The van der Waals surface area contributed by atoms with Crippen LogP contribution in [0.4, 0.5) is 4.39 Å². The molecule has 0 aliphatic rings. The van der Waals surface area contributed by atoms with Crippen molar-refractivity contribution in [1.82, 2.24) is 0 Å². The van der Waals surface area contributed by atoms with E-state index in [1.807, 2.05) is 38.1 Å². The van der Waals surface area contributed by atoms with E-state index in [1.165, 1.54) is 6.07 Å². The monoisotopic (exact) mass is 259 g/mol. The smallest absolute Gasteiger partial charge is 0.141 e. The van der Waals surface area contributed by atoms with Gasteiger partial charge in [-0.1, -0.05) is 35.9 Å². The summed E-state index contributed by atoms with van der Waals surface area (Å²) in [6, 6.07) is 13.9. The molecule has 0 amide bonds. The third-order valence-electron chi connectivity index (χ3n) is 2.97. The van der Waals surface area contributed by atoms with Gasteiger partial charge in [0.2, 0.25) is 0 Å². The molecular weight excluding hydrogens is 241 g/mol. The van der Waals surface area contributed by atoms with Crippen LogP contribution in [0.2, 0.25) is 0 Å². The second-order valence-electron chi connectivity index (χ2n) is 4.73. The maximum atomic E-state index is 13.8. The molecule has 100 valence electrons. The molecular formula is C16H18FNO. The molecule has 0 spiro atoms. The van der Waals surface area contributed by atoms with Gasteiger partial charge in [0.25, 0.3) is 0 Å². The largest absolute Gasteiger partial charge is 0.484 e. The van der Waals surface area contributed by atoms with Crippen LogP contribution >= 0.6 is 0 Å². The lowest BCUT2D eigenvalue weighted by atomic mass is 10.0. The van der Waals surface area contributed by atoms with Gasteiger partial charge < -0.3 is 10.5 Å². The molecule has 2 unspecified atom stereocenters. The number of aryl methyl sites for hydroxylation is 1. The highest BCUT2D eigenvalue weighted by Crippen LogP contribution is 2.26. The standard InChI is InChI=1S/C16H18FNO/c1-11-7-9-13(10-8-11)19-16(12(2)18)14-5-3-4-6-15(14)17/h3-10,12,16H,18H2,1-2H3. The lowest BCUT2D eigenvalue weighted by Gasteiger charge is -2.23. The van der Waals surface area contributed by atoms with Crippen molar-refractivity contribution in [3.63, 3.8) is 0 Å². The number of benzene rings is 2. The fourth-order valence-corrected chi connectivity index (χ4v) is 1.92. The Labute approximate surface area is 113 Å². The van der Waals surface area contributed by atoms with Crippen molar-refractivity contribution >= 4 is 0 Å². The first-order chi connectivity index (χ1) is 9.08. The summed E-state index contributed by atoms with van der Waals surface area (Å²) in [5.74, 6) is 0.396. The molecule has 2 nitrogen and oxygen atoms in total. The summed E-state index contributed by atoms with van der Waals surface area (Å²) in [5, 5.41) is 0. The normalized spacial score (nSPS) is 13.9. The van der Waals surface area contributed by atoms with Crippen LogP contribution in [0.5, 0.6) is 5.75 Å². The van der Waals surface area contributed by atoms with Gasteiger partial charge in [-0.3, -0.25) is 0 Å². The minimum Gasteiger partial charge on any atom is -0.484 e. The van der Waals surface area contributed by atoms with Crippen LogP contribution < -0.4 is 10.5 Å². The Kier molecular flexibility index (Phi) is 4.17. The van der Waals surface area contributed by atoms with Crippen molar-refractivity contribution in [2.45, 2.75) is 26.0 Å². The third-order valence-corrected chi connectivity index (χ3v) is 2.97. The molecule has 2 atom stereocenters. The maximum absolute atomic E-state index is 13.8. The molecule has 19 heavy (non-hydrogen) atoms. The van der Waals surface area contributed by atoms with Crippen molar-refractivity contribution in [3.05, 3.63) is 65.5 Å². The zero-order chi connectivity index (χ0) is 13.8. The highest BCUT2D eigenvalue weighted by atomic mass is 19.1. The van der Waals surface area contributed by atoms with Gasteiger partial charge in [-0.2, -0.15) is 0 Å². The summed E-state index contributed by atoms with van der Waals surface area (Å²) in [7, 11) is 0. The Morgan fingerprint density at radius 2 is 1.68 bits per heavy atom. The molecule has 0 saturated heterocycles. The first kappa shape index (κ1) is 13.6. The van der Waals surface area contributed by atoms with Gasteiger partial charge in [-0.15, -0.1) is 0 Å². The predicted molar refractivity (Wildman–Crippen MR) is 74.6 cm³/mol. The Balaban J connectivity index is 2.27. The van der Waals surface area contributed by atoms with Gasteiger partial charge in [-0.25, -0.2) is 4.39 Å². The quantitative estimate of drug-likeness (QED) is 0.910. The number of rotatable bonds is 4. The van der Waals surface area contributed by atoms with Crippen LogP contribution in [-0.4, -0.2) is 6.04 Å². The molecule has 0 aliphatic heterocycles. The third kappa shape index (κ3) is 3.32. The number of halogens is 1. The van der Waals surface area contributed by atoms with Crippen molar-refractivity contribution in [3.8, 4) is 5.75 Å². The van der Waals surface area contributed by atoms with Gasteiger partial charge in [0, 0.05) is 11.6 Å². The molecule has 0 aromatic heterocycles. The number of ether oxygens (including phenoxy) is 1. The number of nitrogens with two attached hydrogens (primary N) is 1. The molecule has 3 heteroatoms. The van der Waals surface area contributed by atoms with Crippen LogP contribution in [0, 0.1) is 12.7 Å². The fourth-order valence-electron chi connectivity index (χ4n) is 1.92. The van der Waals surface area contributed by atoms with E-state index in [9.17, 15) is 4.39 Å². The number of hydrogen-bond acceptors (Lipinski definition) is 2. The van der Waals surface area contributed by atoms with Gasteiger partial charge in [0.1, 0.15) is 17.7 Å². The summed E-state index contributed by atoms with van der Waals surface area (Å²) >= 11 is 0. The van der Waals surface area contributed by atoms with Gasteiger partial charge in [0.05, 0.1) is 0 Å². The zero-order valence-corrected chi connectivity index (χ0v) is 11.1. The molecule has 2 aromatic rings. The fraction of sp³-hybridized carbons (Fsp3) is 0.250. The van der Waals surface area contributed by atoms with E-state index in [2.05, 4.69) is 0 Å². The maximum Gasteiger partial charge on any atom is 0.141 e. The first-order valence-electron chi connectivity index (χ1n) is 6.31. The van der Waals surface area contributed by atoms with E-state index in [0.717, 1.165) is 5.56 Å². The second-order valence-corrected chi connectivity index (χ2v) is 4.73. The minimum absolute atomic E-state index is 0.295. The Morgan fingerprint density at radius 1 is 1.05 bits per heavy atom. The summed E-state index contributed by atoms with van der Waals surface area (Å²) in [5.41, 5.74) is 7.56.